The first-order valence-electron chi connectivity index (χ1n) is 6.25. The van der Waals surface area contributed by atoms with Crippen molar-refractivity contribution in [2.75, 3.05) is 6.61 Å². The second-order valence-electron chi connectivity index (χ2n) is 5.09. The second-order valence-corrected chi connectivity index (χ2v) is 5.09. The third-order valence-corrected chi connectivity index (χ3v) is 4.42. The summed E-state index contributed by atoms with van der Waals surface area (Å²) < 4.78 is 6.14. The number of hydrogen-bond acceptors (Lipinski definition) is 1. The molecule has 0 aromatic carbocycles. The maximum atomic E-state index is 6.14. The summed E-state index contributed by atoms with van der Waals surface area (Å²) in [7, 11) is 0. The van der Waals surface area contributed by atoms with Gasteiger partial charge in [0.05, 0.1) is 5.60 Å². The van der Waals surface area contributed by atoms with Crippen molar-refractivity contribution >= 4 is 0 Å². The minimum absolute atomic E-state index is 0.237. The third kappa shape index (κ3) is 1.18. The van der Waals surface area contributed by atoms with Gasteiger partial charge in [-0.1, -0.05) is 6.08 Å². The standard InChI is InChI=1S/C13H20O/c1-2-5-11(6-3-1)13-9-4-7-12(13)8-10-14-13/h5,12H,1-4,6-10H2. The molecular formula is C13H20O. The maximum Gasteiger partial charge on any atom is 0.0920 e. The van der Waals surface area contributed by atoms with E-state index in [4.69, 9.17) is 4.74 Å². The lowest BCUT2D eigenvalue weighted by molar-refractivity contribution is 0.0199. The number of ether oxygens (including phenoxy) is 1. The SMILES string of the molecule is C1=C(C23CCCC2CCO3)CCCC1. The molecule has 1 saturated heterocycles. The van der Waals surface area contributed by atoms with Crippen LogP contribution in [0.3, 0.4) is 0 Å². The van der Waals surface area contributed by atoms with E-state index in [9.17, 15) is 0 Å². The Morgan fingerprint density at radius 1 is 1.21 bits per heavy atom. The van der Waals surface area contributed by atoms with Crippen molar-refractivity contribution < 1.29 is 4.74 Å². The summed E-state index contributed by atoms with van der Waals surface area (Å²) in [5, 5.41) is 0. The van der Waals surface area contributed by atoms with Crippen molar-refractivity contribution in [3.05, 3.63) is 11.6 Å². The first kappa shape index (κ1) is 8.96. The van der Waals surface area contributed by atoms with Gasteiger partial charge in [0.2, 0.25) is 0 Å². The molecule has 0 bridgehead atoms. The fourth-order valence-corrected chi connectivity index (χ4v) is 3.74. The summed E-state index contributed by atoms with van der Waals surface area (Å²) in [6.07, 6.45) is 13.3. The van der Waals surface area contributed by atoms with E-state index in [1.165, 1.54) is 51.4 Å². The molecule has 0 N–H and O–H groups in total. The van der Waals surface area contributed by atoms with Gasteiger partial charge in [-0.2, -0.15) is 0 Å². The van der Waals surface area contributed by atoms with Crippen LogP contribution in [0.5, 0.6) is 0 Å². The molecule has 1 aliphatic heterocycles. The second kappa shape index (κ2) is 3.37. The van der Waals surface area contributed by atoms with E-state index in [1.807, 2.05) is 0 Å². The van der Waals surface area contributed by atoms with E-state index in [0.717, 1.165) is 12.5 Å². The van der Waals surface area contributed by atoms with E-state index in [1.54, 1.807) is 5.57 Å². The molecule has 2 unspecified atom stereocenters. The molecule has 3 aliphatic rings. The van der Waals surface area contributed by atoms with Crippen LogP contribution < -0.4 is 0 Å². The minimum atomic E-state index is 0.237. The lowest BCUT2D eigenvalue weighted by Crippen LogP contribution is -2.33. The lowest BCUT2D eigenvalue weighted by atomic mass is 9.79. The Labute approximate surface area is 86.5 Å². The molecule has 3 rings (SSSR count). The highest BCUT2D eigenvalue weighted by molar-refractivity contribution is 5.24. The van der Waals surface area contributed by atoms with Gasteiger partial charge in [0.15, 0.2) is 0 Å². The summed E-state index contributed by atoms with van der Waals surface area (Å²) in [5.41, 5.74) is 1.91. The molecule has 0 amide bonds. The molecular weight excluding hydrogens is 172 g/mol. The van der Waals surface area contributed by atoms with Gasteiger partial charge < -0.3 is 4.74 Å². The van der Waals surface area contributed by atoms with Crippen molar-refractivity contribution in [3.8, 4) is 0 Å². The normalized spacial score (nSPS) is 42.3. The first-order chi connectivity index (χ1) is 6.92. The van der Waals surface area contributed by atoms with Crippen LogP contribution in [0.4, 0.5) is 0 Å². The first-order valence-corrected chi connectivity index (χ1v) is 6.25. The fraction of sp³-hybridized carbons (Fsp3) is 0.846. The molecule has 14 heavy (non-hydrogen) atoms. The van der Waals surface area contributed by atoms with Gasteiger partial charge >= 0.3 is 0 Å². The minimum Gasteiger partial charge on any atom is -0.370 e. The Hall–Kier alpha value is -0.300. The van der Waals surface area contributed by atoms with Gasteiger partial charge in [0.1, 0.15) is 0 Å². The summed E-state index contributed by atoms with van der Waals surface area (Å²) in [6, 6.07) is 0. The van der Waals surface area contributed by atoms with Crippen molar-refractivity contribution in [2.24, 2.45) is 5.92 Å². The van der Waals surface area contributed by atoms with Gasteiger partial charge in [-0.15, -0.1) is 0 Å². The molecule has 2 aliphatic carbocycles. The van der Waals surface area contributed by atoms with E-state index >= 15 is 0 Å². The van der Waals surface area contributed by atoms with E-state index < -0.39 is 0 Å². The zero-order valence-electron chi connectivity index (χ0n) is 8.93. The third-order valence-electron chi connectivity index (χ3n) is 4.42. The summed E-state index contributed by atoms with van der Waals surface area (Å²) in [5.74, 6) is 0.867. The molecule has 0 spiro atoms. The Bertz CT molecular complexity index is 244. The van der Waals surface area contributed by atoms with Crippen molar-refractivity contribution in [3.63, 3.8) is 0 Å². The zero-order chi connectivity index (χ0) is 9.43. The van der Waals surface area contributed by atoms with Crippen LogP contribution in [0.2, 0.25) is 0 Å². The Kier molecular flexibility index (Phi) is 2.16. The predicted molar refractivity (Wildman–Crippen MR) is 57.2 cm³/mol. The maximum absolute atomic E-state index is 6.14. The molecule has 1 heterocycles. The highest BCUT2D eigenvalue weighted by Gasteiger charge is 2.49. The summed E-state index contributed by atoms with van der Waals surface area (Å²) >= 11 is 0. The van der Waals surface area contributed by atoms with E-state index in [2.05, 4.69) is 6.08 Å². The number of allylic oxidation sites excluding steroid dienone is 1. The van der Waals surface area contributed by atoms with Gasteiger partial charge in [-0.3, -0.25) is 0 Å². The molecule has 1 heteroatoms. The lowest BCUT2D eigenvalue weighted by Gasteiger charge is -2.33. The molecule has 78 valence electrons. The van der Waals surface area contributed by atoms with Crippen molar-refractivity contribution in [1.29, 1.82) is 0 Å². The van der Waals surface area contributed by atoms with Crippen LogP contribution in [0.1, 0.15) is 51.4 Å². The molecule has 1 nitrogen and oxygen atoms in total. The average molecular weight is 192 g/mol. The van der Waals surface area contributed by atoms with Crippen molar-refractivity contribution in [2.45, 2.75) is 57.0 Å². The van der Waals surface area contributed by atoms with Crippen LogP contribution in [-0.4, -0.2) is 12.2 Å². The van der Waals surface area contributed by atoms with Crippen LogP contribution in [0, 0.1) is 5.92 Å². The molecule has 2 atom stereocenters. The zero-order valence-corrected chi connectivity index (χ0v) is 8.93. The van der Waals surface area contributed by atoms with Crippen LogP contribution in [-0.2, 0) is 4.74 Å². The molecule has 0 aromatic rings. The van der Waals surface area contributed by atoms with Crippen LogP contribution in [0.15, 0.2) is 11.6 Å². The van der Waals surface area contributed by atoms with Gasteiger partial charge in [-0.05, 0) is 62.9 Å². The molecule has 0 aromatic heterocycles. The Morgan fingerprint density at radius 2 is 2.21 bits per heavy atom. The molecule has 1 saturated carbocycles. The van der Waals surface area contributed by atoms with Gasteiger partial charge in [0, 0.05) is 6.61 Å². The van der Waals surface area contributed by atoms with Crippen LogP contribution >= 0.6 is 0 Å². The summed E-state index contributed by atoms with van der Waals surface area (Å²) in [4.78, 5) is 0. The fourth-order valence-electron chi connectivity index (χ4n) is 3.74. The smallest absolute Gasteiger partial charge is 0.0920 e. The van der Waals surface area contributed by atoms with E-state index in [-0.39, 0.29) is 5.60 Å². The van der Waals surface area contributed by atoms with Crippen molar-refractivity contribution in [1.82, 2.24) is 0 Å². The highest BCUT2D eigenvalue weighted by Crippen LogP contribution is 2.51. The Balaban J connectivity index is 1.90. The number of rotatable bonds is 1. The van der Waals surface area contributed by atoms with Crippen LogP contribution in [0.25, 0.3) is 0 Å². The van der Waals surface area contributed by atoms with Gasteiger partial charge in [0.25, 0.3) is 0 Å². The van der Waals surface area contributed by atoms with Gasteiger partial charge in [-0.25, -0.2) is 0 Å². The quantitative estimate of drug-likeness (QED) is 0.578. The van der Waals surface area contributed by atoms with E-state index in [0.29, 0.717) is 0 Å². The number of fused-ring (bicyclic) bond motifs is 1. The predicted octanol–water partition coefficient (Wildman–Crippen LogP) is 3.45. The average Bonchev–Trinajstić information content (AvgIpc) is 2.77. The Morgan fingerprint density at radius 3 is 3.07 bits per heavy atom. The number of hydrogen-bond donors (Lipinski definition) is 0. The largest absolute Gasteiger partial charge is 0.370 e. The highest BCUT2D eigenvalue weighted by atomic mass is 16.5. The molecule has 0 radical (unpaired) electrons. The molecule has 2 fully saturated rings. The summed E-state index contributed by atoms with van der Waals surface area (Å²) in [6.45, 7) is 1.02. The monoisotopic (exact) mass is 192 g/mol. The topological polar surface area (TPSA) is 9.23 Å².